The second-order valence-corrected chi connectivity index (χ2v) is 13.6. The van der Waals surface area contributed by atoms with Crippen molar-refractivity contribution in [1.29, 1.82) is 0 Å². The lowest BCUT2D eigenvalue weighted by Gasteiger charge is -2.42. The number of carbonyl (C=O) groups excluding carboxylic acids is 2. The molecule has 0 spiro atoms. The Labute approximate surface area is 136 Å². The van der Waals surface area contributed by atoms with Crippen LogP contribution in [-0.2, 0) is 9.59 Å². The van der Waals surface area contributed by atoms with Crippen LogP contribution in [0.4, 0.5) is 0 Å². The molecule has 0 amide bonds. The van der Waals surface area contributed by atoms with E-state index >= 15 is 0 Å². The van der Waals surface area contributed by atoms with Crippen molar-refractivity contribution in [1.82, 2.24) is 0 Å². The Bertz CT molecular complexity index is 571. The number of rotatable bonds is 3. The molecular weight excluding hydrogens is 288 g/mol. The number of hydrogen-bond acceptors (Lipinski definition) is 2. The lowest BCUT2D eigenvalue weighted by molar-refractivity contribution is -0.116. The van der Waals surface area contributed by atoms with Crippen LogP contribution in [0, 0.1) is 0 Å². The highest BCUT2D eigenvalue weighted by Crippen LogP contribution is 2.46. The van der Waals surface area contributed by atoms with E-state index in [4.69, 9.17) is 0 Å². The van der Waals surface area contributed by atoms with Crippen LogP contribution in [0.15, 0.2) is 21.9 Å². The molecule has 2 rings (SSSR count). The van der Waals surface area contributed by atoms with Gasteiger partial charge in [0, 0.05) is 16.7 Å². The Morgan fingerprint density at radius 1 is 0.955 bits per heavy atom. The molecule has 0 aromatic rings. The van der Waals surface area contributed by atoms with Crippen LogP contribution in [0.5, 0.6) is 0 Å². The molecule has 0 saturated carbocycles. The Morgan fingerprint density at radius 3 is 1.91 bits per heavy atom. The summed E-state index contributed by atoms with van der Waals surface area (Å²) in [7, 11) is -2.01. The average molecular weight is 319 g/mol. The summed E-state index contributed by atoms with van der Waals surface area (Å²) in [5, 5.41) is 1.01. The SMILES string of the molecule is CCCC1=C([Si](C)(C)C(C)(C)C)C(=O)C2=C(CCCC2)C1=O. The van der Waals surface area contributed by atoms with Crippen molar-refractivity contribution in [3.05, 3.63) is 21.9 Å². The van der Waals surface area contributed by atoms with Crippen molar-refractivity contribution in [3.63, 3.8) is 0 Å². The molecule has 0 saturated heterocycles. The Kier molecular flexibility index (Phi) is 4.68. The molecule has 2 aliphatic rings. The molecule has 0 N–H and O–H groups in total. The third kappa shape index (κ3) is 2.68. The van der Waals surface area contributed by atoms with E-state index in [0.717, 1.165) is 60.4 Å². The van der Waals surface area contributed by atoms with Gasteiger partial charge >= 0.3 is 0 Å². The number of carbonyl (C=O) groups is 2. The molecule has 2 nitrogen and oxygen atoms in total. The van der Waals surface area contributed by atoms with Crippen LogP contribution in [0.1, 0.15) is 66.2 Å². The van der Waals surface area contributed by atoms with E-state index in [1.54, 1.807) is 0 Å². The molecule has 3 heteroatoms. The van der Waals surface area contributed by atoms with E-state index in [0.29, 0.717) is 0 Å². The Morgan fingerprint density at radius 2 is 1.45 bits per heavy atom. The second kappa shape index (κ2) is 5.92. The highest BCUT2D eigenvalue weighted by atomic mass is 28.3. The maximum atomic E-state index is 13.3. The van der Waals surface area contributed by atoms with Gasteiger partial charge in [0.1, 0.15) is 0 Å². The van der Waals surface area contributed by atoms with Crippen LogP contribution in [0.2, 0.25) is 18.1 Å². The van der Waals surface area contributed by atoms with E-state index in [9.17, 15) is 9.59 Å². The standard InChI is InChI=1S/C19H30O2Si/c1-7-10-15-16(20)13-11-8-9-12-14(13)17(21)18(15)22(5,6)19(2,3)4/h7-12H2,1-6H3. The molecule has 22 heavy (non-hydrogen) atoms. The third-order valence-electron chi connectivity index (χ3n) is 5.82. The lowest BCUT2D eigenvalue weighted by Crippen LogP contribution is -2.46. The van der Waals surface area contributed by atoms with E-state index in [2.05, 4.69) is 40.8 Å². The minimum Gasteiger partial charge on any atom is -0.290 e. The first-order chi connectivity index (χ1) is 10.1. The van der Waals surface area contributed by atoms with Crippen LogP contribution in [0.25, 0.3) is 0 Å². The number of ketones is 2. The molecule has 122 valence electrons. The predicted molar refractivity (Wildman–Crippen MR) is 94.6 cm³/mol. The van der Waals surface area contributed by atoms with Crippen molar-refractivity contribution < 1.29 is 9.59 Å². The van der Waals surface area contributed by atoms with Crippen molar-refractivity contribution in [2.45, 2.75) is 84.4 Å². The third-order valence-corrected chi connectivity index (χ3v) is 11.3. The van der Waals surface area contributed by atoms with Gasteiger partial charge in [-0.2, -0.15) is 0 Å². The van der Waals surface area contributed by atoms with Crippen LogP contribution < -0.4 is 0 Å². The summed E-state index contributed by atoms with van der Waals surface area (Å²) in [6.07, 6.45) is 5.38. The summed E-state index contributed by atoms with van der Waals surface area (Å²) in [4.78, 5) is 26.3. The van der Waals surface area contributed by atoms with E-state index < -0.39 is 8.07 Å². The first kappa shape index (κ1) is 17.4. The largest absolute Gasteiger partial charge is 0.290 e. The van der Waals surface area contributed by atoms with E-state index in [1.165, 1.54) is 0 Å². The zero-order valence-corrected chi connectivity index (χ0v) is 16.1. The van der Waals surface area contributed by atoms with Gasteiger partial charge in [0.2, 0.25) is 0 Å². The van der Waals surface area contributed by atoms with Gasteiger partial charge in [-0.05, 0) is 42.3 Å². The predicted octanol–water partition coefficient (Wildman–Crippen LogP) is 5.15. The van der Waals surface area contributed by atoms with E-state index in [-0.39, 0.29) is 16.6 Å². The minimum atomic E-state index is -2.01. The van der Waals surface area contributed by atoms with Crippen molar-refractivity contribution in [2.24, 2.45) is 0 Å². The summed E-state index contributed by atoms with van der Waals surface area (Å²) >= 11 is 0. The van der Waals surface area contributed by atoms with Gasteiger partial charge in [-0.3, -0.25) is 9.59 Å². The molecular formula is C19H30O2Si. The molecule has 0 heterocycles. The summed E-state index contributed by atoms with van der Waals surface area (Å²) in [5.41, 5.74) is 2.57. The summed E-state index contributed by atoms with van der Waals surface area (Å²) in [5.74, 6) is 0.431. The topological polar surface area (TPSA) is 34.1 Å². The quantitative estimate of drug-likeness (QED) is 0.532. The first-order valence-corrected chi connectivity index (χ1v) is 11.7. The smallest absolute Gasteiger partial charge is 0.185 e. The fourth-order valence-corrected chi connectivity index (χ4v) is 5.98. The molecule has 0 aliphatic heterocycles. The zero-order chi connectivity index (χ0) is 16.7. The molecule has 0 fully saturated rings. The highest BCUT2D eigenvalue weighted by Gasteiger charge is 2.47. The second-order valence-electron chi connectivity index (χ2n) is 8.30. The molecule has 2 aliphatic carbocycles. The van der Waals surface area contributed by atoms with Gasteiger partial charge in [-0.1, -0.05) is 47.2 Å². The lowest BCUT2D eigenvalue weighted by atomic mass is 9.79. The number of Topliss-reactive ketones (excluding diaryl/α,β-unsaturated/α-hetero) is 2. The van der Waals surface area contributed by atoms with Gasteiger partial charge in [0.05, 0.1) is 8.07 Å². The van der Waals surface area contributed by atoms with Crippen molar-refractivity contribution in [2.75, 3.05) is 0 Å². The number of hydrogen-bond donors (Lipinski definition) is 0. The van der Waals surface area contributed by atoms with Crippen LogP contribution in [0.3, 0.4) is 0 Å². The van der Waals surface area contributed by atoms with Gasteiger partial charge in [-0.25, -0.2) is 0 Å². The average Bonchev–Trinajstić information content (AvgIpc) is 2.43. The van der Waals surface area contributed by atoms with Crippen molar-refractivity contribution in [3.8, 4) is 0 Å². The van der Waals surface area contributed by atoms with Crippen molar-refractivity contribution >= 4 is 19.6 Å². The fraction of sp³-hybridized carbons (Fsp3) is 0.684. The van der Waals surface area contributed by atoms with Gasteiger partial charge in [0.15, 0.2) is 11.6 Å². The Hall–Kier alpha value is -0.963. The number of allylic oxidation sites excluding steroid dienone is 4. The zero-order valence-electron chi connectivity index (χ0n) is 15.1. The molecule has 0 atom stereocenters. The maximum Gasteiger partial charge on any atom is 0.185 e. The summed E-state index contributed by atoms with van der Waals surface area (Å²) in [6.45, 7) is 13.3. The van der Waals surface area contributed by atoms with Gasteiger partial charge in [0.25, 0.3) is 0 Å². The molecule has 0 aromatic heterocycles. The molecule has 0 radical (unpaired) electrons. The maximum absolute atomic E-state index is 13.3. The van der Waals surface area contributed by atoms with Gasteiger partial charge in [-0.15, -0.1) is 0 Å². The fourth-order valence-electron chi connectivity index (χ4n) is 3.51. The Balaban J connectivity index is 2.63. The first-order valence-electron chi connectivity index (χ1n) is 8.68. The minimum absolute atomic E-state index is 0.0734. The molecule has 0 unspecified atom stereocenters. The van der Waals surface area contributed by atoms with Crippen LogP contribution in [-0.4, -0.2) is 19.6 Å². The highest BCUT2D eigenvalue weighted by molar-refractivity contribution is 6.91. The summed E-state index contributed by atoms with van der Waals surface area (Å²) < 4.78 is 0. The van der Waals surface area contributed by atoms with Crippen LogP contribution >= 0.6 is 0 Å². The molecule has 0 bridgehead atoms. The monoisotopic (exact) mass is 318 g/mol. The summed E-state index contributed by atoms with van der Waals surface area (Å²) in [6, 6.07) is 0. The van der Waals surface area contributed by atoms with E-state index in [1.807, 2.05) is 0 Å². The normalized spacial score (nSPS) is 20.6. The van der Waals surface area contributed by atoms with Gasteiger partial charge < -0.3 is 0 Å². The molecule has 0 aromatic carbocycles.